The van der Waals surface area contributed by atoms with E-state index in [-0.39, 0.29) is 11.9 Å². The number of rotatable bonds is 4. The normalized spacial score (nSPS) is 27.9. The molecule has 0 aliphatic carbocycles. The second-order valence-corrected chi connectivity index (χ2v) is 5.39. The number of hydrogen-bond acceptors (Lipinski definition) is 4. The molecule has 3 rings (SSSR count). The van der Waals surface area contributed by atoms with E-state index in [0.717, 1.165) is 11.3 Å². The standard InChI is InChI=1S/C15H19NO4/c1-18-9-15(6-7-19-10-15)14(17)16-12-8-20-13-5-3-2-4-11(12)13/h2-5,12H,6-10H2,1H3,(H,16,17)/t12-,15+/m1/s1. The summed E-state index contributed by atoms with van der Waals surface area (Å²) in [4.78, 5) is 12.6. The summed E-state index contributed by atoms with van der Waals surface area (Å²) in [6.45, 7) is 1.89. The SMILES string of the molecule is COC[C@@]1(C(=O)N[C@@H]2COc3ccccc32)CCOC1. The van der Waals surface area contributed by atoms with Crippen molar-refractivity contribution in [2.75, 3.05) is 33.5 Å². The predicted octanol–water partition coefficient (Wildman–Crippen LogP) is 1.29. The Balaban J connectivity index is 1.73. The van der Waals surface area contributed by atoms with Gasteiger partial charge in [-0.15, -0.1) is 0 Å². The number of carbonyl (C=O) groups is 1. The average Bonchev–Trinajstić information content (AvgIpc) is 3.08. The van der Waals surface area contributed by atoms with Crippen LogP contribution in [-0.2, 0) is 14.3 Å². The summed E-state index contributed by atoms with van der Waals surface area (Å²) >= 11 is 0. The highest BCUT2D eigenvalue weighted by Crippen LogP contribution is 2.34. The van der Waals surface area contributed by atoms with Crippen LogP contribution in [0, 0.1) is 5.41 Å². The third-order valence-corrected chi connectivity index (χ3v) is 4.01. The molecule has 1 aromatic carbocycles. The van der Waals surface area contributed by atoms with E-state index in [1.165, 1.54) is 0 Å². The second kappa shape index (κ2) is 5.42. The Labute approximate surface area is 118 Å². The van der Waals surface area contributed by atoms with Crippen LogP contribution in [-0.4, -0.2) is 39.4 Å². The smallest absolute Gasteiger partial charge is 0.231 e. The van der Waals surface area contributed by atoms with E-state index in [1.807, 2.05) is 24.3 Å². The summed E-state index contributed by atoms with van der Waals surface area (Å²) in [5.41, 5.74) is 0.471. The minimum absolute atomic E-state index is 0.0119. The average molecular weight is 277 g/mol. The largest absolute Gasteiger partial charge is 0.491 e. The molecule has 1 saturated heterocycles. The molecule has 2 heterocycles. The van der Waals surface area contributed by atoms with Crippen molar-refractivity contribution in [1.29, 1.82) is 0 Å². The van der Waals surface area contributed by atoms with Gasteiger partial charge in [0.25, 0.3) is 0 Å². The molecule has 1 aromatic rings. The Morgan fingerprint density at radius 1 is 1.50 bits per heavy atom. The zero-order chi connectivity index (χ0) is 14.0. The molecule has 0 unspecified atom stereocenters. The molecule has 2 aliphatic rings. The molecule has 1 amide bonds. The Bertz CT molecular complexity index is 496. The molecule has 1 N–H and O–H groups in total. The highest BCUT2D eigenvalue weighted by Gasteiger charge is 2.43. The summed E-state index contributed by atoms with van der Waals surface area (Å²) < 4.78 is 16.2. The number of hydrogen-bond donors (Lipinski definition) is 1. The molecule has 0 saturated carbocycles. The van der Waals surface area contributed by atoms with E-state index < -0.39 is 5.41 Å². The Hall–Kier alpha value is -1.59. The molecule has 0 aromatic heterocycles. The number of nitrogens with one attached hydrogen (secondary N) is 1. The maximum absolute atomic E-state index is 12.6. The van der Waals surface area contributed by atoms with Gasteiger partial charge in [-0.3, -0.25) is 4.79 Å². The first-order valence-corrected chi connectivity index (χ1v) is 6.84. The molecule has 20 heavy (non-hydrogen) atoms. The third-order valence-electron chi connectivity index (χ3n) is 4.01. The van der Waals surface area contributed by atoms with Crippen LogP contribution in [0.4, 0.5) is 0 Å². The van der Waals surface area contributed by atoms with E-state index in [1.54, 1.807) is 7.11 Å². The first-order chi connectivity index (χ1) is 9.75. The minimum Gasteiger partial charge on any atom is -0.491 e. The van der Waals surface area contributed by atoms with Gasteiger partial charge in [0.1, 0.15) is 12.4 Å². The summed E-state index contributed by atoms with van der Waals surface area (Å²) in [6.07, 6.45) is 0.696. The molecule has 1 fully saturated rings. The third kappa shape index (κ3) is 2.27. The summed E-state index contributed by atoms with van der Waals surface area (Å²) in [6, 6.07) is 7.70. The van der Waals surface area contributed by atoms with E-state index >= 15 is 0 Å². The molecule has 5 heteroatoms. The lowest BCUT2D eigenvalue weighted by atomic mass is 9.86. The van der Waals surface area contributed by atoms with Crippen LogP contribution in [0.15, 0.2) is 24.3 Å². The molecular weight excluding hydrogens is 258 g/mol. The zero-order valence-electron chi connectivity index (χ0n) is 11.6. The highest BCUT2D eigenvalue weighted by atomic mass is 16.5. The molecule has 5 nitrogen and oxygen atoms in total. The lowest BCUT2D eigenvalue weighted by Crippen LogP contribution is -2.46. The number of benzene rings is 1. The van der Waals surface area contributed by atoms with Gasteiger partial charge in [0.15, 0.2) is 0 Å². The Morgan fingerprint density at radius 3 is 3.10 bits per heavy atom. The zero-order valence-corrected chi connectivity index (χ0v) is 11.6. The van der Waals surface area contributed by atoms with Crippen molar-refractivity contribution in [3.8, 4) is 5.75 Å². The van der Waals surface area contributed by atoms with Gasteiger partial charge >= 0.3 is 0 Å². The van der Waals surface area contributed by atoms with Crippen molar-refractivity contribution >= 4 is 5.91 Å². The van der Waals surface area contributed by atoms with Crippen molar-refractivity contribution in [3.63, 3.8) is 0 Å². The fourth-order valence-electron chi connectivity index (χ4n) is 2.84. The summed E-state index contributed by atoms with van der Waals surface area (Å²) in [5.74, 6) is 0.836. The molecule has 0 spiro atoms. The Morgan fingerprint density at radius 2 is 2.35 bits per heavy atom. The molecular formula is C15H19NO4. The second-order valence-electron chi connectivity index (χ2n) is 5.39. The molecule has 2 aliphatic heterocycles. The van der Waals surface area contributed by atoms with Gasteiger partial charge in [-0.1, -0.05) is 18.2 Å². The highest BCUT2D eigenvalue weighted by molar-refractivity contribution is 5.84. The topological polar surface area (TPSA) is 56.8 Å². The van der Waals surface area contributed by atoms with Crippen molar-refractivity contribution in [2.45, 2.75) is 12.5 Å². The Kier molecular flexibility index (Phi) is 3.63. The number of amides is 1. The van der Waals surface area contributed by atoms with Gasteiger partial charge in [-0.05, 0) is 12.5 Å². The van der Waals surface area contributed by atoms with Gasteiger partial charge in [-0.2, -0.15) is 0 Å². The van der Waals surface area contributed by atoms with E-state index in [2.05, 4.69) is 5.32 Å². The van der Waals surface area contributed by atoms with Crippen LogP contribution < -0.4 is 10.1 Å². The maximum atomic E-state index is 12.6. The van der Waals surface area contributed by atoms with Crippen LogP contribution in [0.2, 0.25) is 0 Å². The van der Waals surface area contributed by atoms with Gasteiger partial charge < -0.3 is 19.5 Å². The lowest BCUT2D eigenvalue weighted by molar-refractivity contribution is -0.135. The molecule has 108 valence electrons. The fourth-order valence-corrected chi connectivity index (χ4v) is 2.84. The monoisotopic (exact) mass is 277 g/mol. The fraction of sp³-hybridized carbons (Fsp3) is 0.533. The van der Waals surface area contributed by atoms with E-state index in [4.69, 9.17) is 14.2 Å². The van der Waals surface area contributed by atoms with Crippen molar-refractivity contribution in [3.05, 3.63) is 29.8 Å². The first-order valence-electron chi connectivity index (χ1n) is 6.84. The van der Waals surface area contributed by atoms with Gasteiger partial charge in [0.05, 0.1) is 24.7 Å². The lowest BCUT2D eigenvalue weighted by Gasteiger charge is -2.26. The van der Waals surface area contributed by atoms with Gasteiger partial charge in [0, 0.05) is 19.3 Å². The van der Waals surface area contributed by atoms with Crippen LogP contribution in [0.3, 0.4) is 0 Å². The summed E-state index contributed by atoms with van der Waals surface area (Å²) in [7, 11) is 1.61. The maximum Gasteiger partial charge on any atom is 0.231 e. The number of fused-ring (bicyclic) bond motifs is 1. The van der Waals surface area contributed by atoms with E-state index in [9.17, 15) is 4.79 Å². The quantitative estimate of drug-likeness (QED) is 0.901. The van der Waals surface area contributed by atoms with E-state index in [0.29, 0.717) is 32.8 Å². The van der Waals surface area contributed by atoms with Crippen molar-refractivity contribution < 1.29 is 19.0 Å². The van der Waals surface area contributed by atoms with Crippen LogP contribution in [0.1, 0.15) is 18.0 Å². The van der Waals surface area contributed by atoms with Crippen molar-refractivity contribution in [1.82, 2.24) is 5.32 Å². The number of ether oxygens (including phenoxy) is 3. The van der Waals surface area contributed by atoms with Crippen LogP contribution in [0.25, 0.3) is 0 Å². The van der Waals surface area contributed by atoms with Crippen LogP contribution >= 0.6 is 0 Å². The first kappa shape index (κ1) is 13.4. The molecule has 2 atom stereocenters. The van der Waals surface area contributed by atoms with Crippen molar-refractivity contribution in [2.24, 2.45) is 5.41 Å². The predicted molar refractivity (Wildman–Crippen MR) is 72.6 cm³/mol. The minimum atomic E-state index is -0.563. The number of carbonyl (C=O) groups excluding carboxylic acids is 1. The number of methoxy groups -OCH3 is 1. The molecule has 0 radical (unpaired) electrons. The number of para-hydroxylation sites is 1. The van der Waals surface area contributed by atoms with Crippen LogP contribution in [0.5, 0.6) is 5.75 Å². The van der Waals surface area contributed by atoms with Gasteiger partial charge in [0.2, 0.25) is 5.91 Å². The molecule has 0 bridgehead atoms. The summed E-state index contributed by atoms with van der Waals surface area (Å²) in [5, 5.41) is 3.08. The van der Waals surface area contributed by atoms with Gasteiger partial charge in [-0.25, -0.2) is 0 Å².